The van der Waals surface area contributed by atoms with Crippen LogP contribution in [0.1, 0.15) is 72.1 Å². The normalized spacial score (nSPS) is 44.1. The molecule has 4 atom stereocenters. The zero-order valence-corrected chi connectivity index (χ0v) is 14.2. The van der Waals surface area contributed by atoms with E-state index < -0.39 is 0 Å². The van der Waals surface area contributed by atoms with Gasteiger partial charge in [0, 0.05) is 6.61 Å². The average Bonchev–Trinajstić information content (AvgIpc) is 2.59. The molecule has 0 aromatic rings. The van der Waals surface area contributed by atoms with E-state index in [0.717, 1.165) is 0 Å². The molecule has 1 N–H and O–H groups in total. The van der Waals surface area contributed by atoms with Gasteiger partial charge in [0.25, 0.3) is 0 Å². The van der Waals surface area contributed by atoms with E-state index in [2.05, 4.69) is 27.4 Å². The van der Waals surface area contributed by atoms with Crippen LogP contribution in [0.15, 0.2) is 23.3 Å². The minimum absolute atomic E-state index is 0.139. The third-order valence-electron chi connectivity index (χ3n) is 7.21. The molecular weight excluding hydrogens is 256 g/mol. The first-order valence-electron chi connectivity index (χ1n) is 8.90. The van der Waals surface area contributed by atoms with Crippen molar-refractivity contribution >= 4 is 0 Å². The van der Waals surface area contributed by atoms with E-state index in [1.807, 2.05) is 0 Å². The molecule has 118 valence electrons. The maximum Gasteiger partial charge on any atom is 0.0487 e. The van der Waals surface area contributed by atoms with E-state index in [1.54, 1.807) is 11.1 Å². The van der Waals surface area contributed by atoms with Gasteiger partial charge in [0.05, 0.1) is 0 Å². The molecule has 1 nitrogen and oxygen atoms in total. The molecule has 1 heteroatoms. The van der Waals surface area contributed by atoms with Gasteiger partial charge in [-0.05, 0) is 67.6 Å². The van der Waals surface area contributed by atoms with Crippen LogP contribution in [-0.2, 0) is 0 Å². The fraction of sp³-hybridized carbons (Fsp3) is 0.800. The summed E-state index contributed by atoms with van der Waals surface area (Å²) in [5, 5.41) is 10.0. The molecule has 4 unspecified atom stereocenters. The highest BCUT2D eigenvalue weighted by Gasteiger charge is 2.52. The summed E-state index contributed by atoms with van der Waals surface area (Å²) in [6.07, 6.45) is 10.0. The van der Waals surface area contributed by atoms with E-state index in [4.69, 9.17) is 0 Å². The average molecular weight is 288 g/mol. The molecule has 0 aromatic heterocycles. The third kappa shape index (κ3) is 2.32. The second kappa shape index (κ2) is 5.26. The summed E-state index contributed by atoms with van der Waals surface area (Å²) in [6.45, 7) is 11.9. The third-order valence-corrected chi connectivity index (χ3v) is 7.21. The number of rotatable bonds is 1. The first kappa shape index (κ1) is 15.3. The number of allylic oxidation sites excluding steroid dienone is 3. The summed E-state index contributed by atoms with van der Waals surface area (Å²) in [4.78, 5) is 0. The van der Waals surface area contributed by atoms with Gasteiger partial charge in [-0.1, -0.05) is 50.5 Å². The van der Waals surface area contributed by atoms with E-state index >= 15 is 0 Å². The second-order valence-corrected chi connectivity index (χ2v) is 8.52. The molecule has 1 saturated carbocycles. The van der Waals surface area contributed by atoms with Crippen molar-refractivity contribution in [3.05, 3.63) is 23.3 Å². The Kier molecular flexibility index (Phi) is 3.84. The molecule has 1 fully saturated rings. The maximum absolute atomic E-state index is 10.0. The first-order valence-corrected chi connectivity index (χ1v) is 8.90. The van der Waals surface area contributed by atoms with Gasteiger partial charge in [0.2, 0.25) is 0 Å². The molecule has 0 amide bonds. The number of hydrogen-bond donors (Lipinski definition) is 1. The minimum atomic E-state index is 0.139. The van der Waals surface area contributed by atoms with Crippen LogP contribution in [0.2, 0.25) is 0 Å². The van der Waals surface area contributed by atoms with Gasteiger partial charge in [0.15, 0.2) is 0 Å². The van der Waals surface area contributed by atoms with Crippen LogP contribution in [0.25, 0.3) is 0 Å². The molecule has 0 aliphatic heterocycles. The monoisotopic (exact) mass is 288 g/mol. The van der Waals surface area contributed by atoms with Crippen LogP contribution in [0.3, 0.4) is 0 Å². The molecule has 0 spiro atoms. The van der Waals surface area contributed by atoms with E-state index in [-0.39, 0.29) is 5.41 Å². The summed E-state index contributed by atoms with van der Waals surface area (Å²) >= 11 is 0. The highest BCUT2D eigenvalue weighted by Crippen LogP contribution is 2.61. The van der Waals surface area contributed by atoms with Crippen molar-refractivity contribution in [3.63, 3.8) is 0 Å². The van der Waals surface area contributed by atoms with Crippen LogP contribution in [0.4, 0.5) is 0 Å². The molecule has 0 aromatic carbocycles. The van der Waals surface area contributed by atoms with Gasteiger partial charge < -0.3 is 5.11 Å². The van der Waals surface area contributed by atoms with Gasteiger partial charge in [-0.15, -0.1) is 0 Å². The summed E-state index contributed by atoms with van der Waals surface area (Å²) in [5.74, 6) is 1.33. The van der Waals surface area contributed by atoms with E-state index in [0.29, 0.717) is 23.9 Å². The van der Waals surface area contributed by atoms with Crippen molar-refractivity contribution in [2.24, 2.45) is 22.7 Å². The van der Waals surface area contributed by atoms with Gasteiger partial charge in [-0.25, -0.2) is 0 Å². The SMILES string of the molecule is C=C1CCC2=C(CCC3C(C)(CO)CCCC23C)CC1C. The van der Waals surface area contributed by atoms with Crippen LogP contribution in [-0.4, -0.2) is 11.7 Å². The highest BCUT2D eigenvalue weighted by molar-refractivity contribution is 5.32. The largest absolute Gasteiger partial charge is 0.396 e. The number of aliphatic hydroxyl groups excluding tert-OH is 1. The Bertz CT molecular complexity index is 474. The van der Waals surface area contributed by atoms with Gasteiger partial charge in [0.1, 0.15) is 0 Å². The Morgan fingerprint density at radius 3 is 2.67 bits per heavy atom. The zero-order valence-electron chi connectivity index (χ0n) is 14.2. The molecule has 3 rings (SSSR count). The Hall–Kier alpha value is -0.560. The number of fused-ring (bicyclic) bond motifs is 2. The predicted octanol–water partition coefficient (Wildman–Crippen LogP) is 5.26. The Morgan fingerprint density at radius 1 is 1.19 bits per heavy atom. The Morgan fingerprint density at radius 2 is 1.95 bits per heavy atom. The smallest absolute Gasteiger partial charge is 0.0487 e. The first-order chi connectivity index (χ1) is 9.90. The van der Waals surface area contributed by atoms with Crippen molar-refractivity contribution in [1.29, 1.82) is 0 Å². The van der Waals surface area contributed by atoms with E-state index in [9.17, 15) is 5.11 Å². The molecule has 0 radical (unpaired) electrons. The van der Waals surface area contributed by atoms with Gasteiger partial charge >= 0.3 is 0 Å². The quantitative estimate of drug-likeness (QED) is 0.653. The summed E-state index contributed by atoms with van der Waals surface area (Å²) < 4.78 is 0. The molecule has 3 aliphatic carbocycles. The lowest BCUT2D eigenvalue weighted by Crippen LogP contribution is -2.48. The van der Waals surface area contributed by atoms with Crippen molar-refractivity contribution in [3.8, 4) is 0 Å². The Labute approximate surface area is 130 Å². The fourth-order valence-electron chi connectivity index (χ4n) is 5.80. The van der Waals surface area contributed by atoms with Gasteiger partial charge in [-0.3, -0.25) is 0 Å². The van der Waals surface area contributed by atoms with Crippen molar-refractivity contribution in [2.45, 2.75) is 72.1 Å². The molecular formula is C20H32O. The van der Waals surface area contributed by atoms with Crippen LogP contribution >= 0.6 is 0 Å². The number of hydrogen-bond acceptors (Lipinski definition) is 1. The van der Waals surface area contributed by atoms with Crippen molar-refractivity contribution in [2.75, 3.05) is 6.61 Å². The standard InChI is InChI=1S/C20H32O/c1-14-6-8-17-16(12-15(14)2)7-9-18-19(3,13-21)10-5-11-20(17,18)4/h15,18,21H,1,5-13H2,2-4H3. The lowest BCUT2D eigenvalue weighted by molar-refractivity contribution is -0.0390. The topological polar surface area (TPSA) is 20.2 Å². The number of aliphatic hydroxyl groups is 1. The molecule has 21 heavy (non-hydrogen) atoms. The molecule has 3 aliphatic rings. The summed E-state index contributed by atoms with van der Waals surface area (Å²) in [6, 6.07) is 0. The molecule has 0 saturated heterocycles. The van der Waals surface area contributed by atoms with Crippen LogP contribution < -0.4 is 0 Å². The predicted molar refractivity (Wildman–Crippen MR) is 89.1 cm³/mol. The fourth-order valence-corrected chi connectivity index (χ4v) is 5.80. The van der Waals surface area contributed by atoms with E-state index in [1.165, 1.54) is 56.9 Å². The van der Waals surface area contributed by atoms with Crippen LogP contribution in [0, 0.1) is 22.7 Å². The highest BCUT2D eigenvalue weighted by atomic mass is 16.3. The lowest BCUT2D eigenvalue weighted by atomic mass is 9.49. The van der Waals surface area contributed by atoms with Crippen molar-refractivity contribution < 1.29 is 5.11 Å². The Balaban J connectivity index is 1.99. The van der Waals surface area contributed by atoms with Gasteiger partial charge in [-0.2, -0.15) is 0 Å². The summed E-state index contributed by atoms with van der Waals surface area (Å²) in [7, 11) is 0. The maximum atomic E-state index is 10.0. The molecule has 0 bridgehead atoms. The van der Waals surface area contributed by atoms with Crippen molar-refractivity contribution in [1.82, 2.24) is 0 Å². The molecule has 0 heterocycles. The van der Waals surface area contributed by atoms with Crippen LogP contribution in [0.5, 0.6) is 0 Å². The zero-order chi connectivity index (χ0) is 15.3. The second-order valence-electron chi connectivity index (χ2n) is 8.52. The minimum Gasteiger partial charge on any atom is -0.396 e. The lowest BCUT2D eigenvalue weighted by Gasteiger charge is -2.56. The summed E-state index contributed by atoms with van der Waals surface area (Å²) in [5.41, 5.74) is 5.45.